The topological polar surface area (TPSA) is 75.5 Å². The normalized spacial score (nSPS) is 11.4. The number of nitrogens with one attached hydrogen (secondary N) is 2. The Hall–Kier alpha value is -4.14. The van der Waals surface area contributed by atoms with E-state index in [-0.39, 0.29) is 11.3 Å². The number of hydrogen-bond acceptors (Lipinski definition) is 3. The fourth-order valence-electron chi connectivity index (χ4n) is 3.17. The summed E-state index contributed by atoms with van der Waals surface area (Å²) in [7, 11) is 0. The Morgan fingerprint density at radius 3 is 2.53 bits per heavy atom. The number of amides is 2. The summed E-state index contributed by atoms with van der Waals surface area (Å²) in [5.41, 5.74) is 1.45. The first kappa shape index (κ1) is 21.1. The molecule has 0 spiro atoms. The molecule has 2 aromatic carbocycles. The monoisotopic (exact) mass is 438 g/mol. The van der Waals surface area contributed by atoms with Gasteiger partial charge in [0.25, 0.3) is 11.8 Å². The third-order valence-corrected chi connectivity index (χ3v) is 4.87. The van der Waals surface area contributed by atoms with E-state index in [9.17, 15) is 22.8 Å². The van der Waals surface area contributed by atoms with Crippen LogP contribution in [-0.2, 0) is 6.18 Å². The van der Waals surface area contributed by atoms with Crippen LogP contribution in [0.2, 0.25) is 0 Å². The van der Waals surface area contributed by atoms with E-state index in [0.29, 0.717) is 22.3 Å². The van der Waals surface area contributed by atoms with E-state index in [2.05, 4.69) is 15.7 Å². The molecule has 0 aliphatic carbocycles. The predicted molar refractivity (Wildman–Crippen MR) is 114 cm³/mol. The molecule has 0 fully saturated rings. The quantitative estimate of drug-likeness (QED) is 0.462. The van der Waals surface area contributed by atoms with Crippen molar-refractivity contribution >= 4 is 28.7 Å². The van der Waals surface area contributed by atoms with Gasteiger partial charge in [0, 0.05) is 23.1 Å². The lowest BCUT2D eigenvalue weighted by molar-refractivity contribution is -0.137. The van der Waals surface area contributed by atoms with Crippen molar-refractivity contribution < 1.29 is 22.8 Å². The second kappa shape index (κ2) is 8.18. The third-order valence-electron chi connectivity index (χ3n) is 4.87. The van der Waals surface area contributed by atoms with Crippen molar-refractivity contribution in [1.29, 1.82) is 0 Å². The van der Waals surface area contributed by atoms with Crippen LogP contribution in [0.15, 0.2) is 73.1 Å². The summed E-state index contributed by atoms with van der Waals surface area (Å²) in [4.78, 5) is 25.4. The van der Waals surface area contributed by atoms with E-state index in [0.717, 1.165) is 12.1 Å². The lowest BCUT2D eigenvalue weighted by Gasteiger charge is -2.12. The average Bonchev–Trinajstić information content (AvgIpc) is 3.19. The molecule has 0 unspecified atom stereocenters. The molecular weight excluding hydrogens is 421 g/mol. The molecular formula is C23H17F3N4O2. The summed E-state index contributed by atoms with van der Waals surface area (Å²) in [6.07, 6.45) is -1.35. The molecule has 0 bridgehead atoms. The minimum atomic E-state index is -4.51. The van der Waals surface area contributed by atoms with Crippen LogP contribution in [0.25, 0.3) is 5.52 Å². The van der Waals surface area contributed by atoms with Crippen molar-refractivity contribution in [2.75, 3.05) is 10.6 Å². The van der Waals surface area contributed by atoms with Crippen molar-refractivity contribution in [3.8, 4) is 0 Å². The van der Waals surface area contributed by atoms with Gasteiger partial charge in [-0.1, -0.05) is 18.2 Å². The van der Waals surface area contributed by atoms with Crippen LogP contribution in [0.4, 0.5) is 24.5 Å². The lowest BCUT2D eigenvalue weighted by atomic mass is 10.1. The SMILES string of the molecule is Cc1ccc(C(=O)Nc2cccc(C(F)(F)F)c2)cc1NC(=O)c1cnn2ccccc12. The number of fused-ring (bicyclic) bond motifs is 1. The van der Waals surface area contributed by atoms with E-state index >= 15 is 0 Å². The van der Waals surface area contributed by atoms with Gasteiger partial charge in [0.15, 0.2) is 0 Å². The van der Waals surface area contributed by atoms with E-state index in [1.54, 1.807) is 41.9 Å². The van der Waals surface area contributed by atoms with E-state index in [1.807, 2.05) is 0 Å². The maximum absolute atomic E-state index is 12.9. The molecule has 6 nitrogen and oxygen atoms in total. The number of benzene rings is 2. The fourth-order valence-corrected chi connectivity index (χ4v) is 3.17. The fraction of sp³-hybridized carbons (Fsp3) is 0.0870. The smallest absolute Gasteiger partial charge is 0.322 e. The molecule has 0 saturated heterocycles. The second-order valence-electron chi connectivity index (χ2n) is 7.11. The Morgan fingerprint density at radius 1 is 0.938 bits per heavy atom. The maximum atomic E-state index is 12.9. The molecule has 0 atom stereocenters. The van der Waals surface area contributed by atoms with E-state index in [4.69, 9.17) is 0 Å². The van der Waals surface area contributed by atoms with Crippen molar-refractivity contribution in [2.24, 2.45) is 0 Å². The number of nitrogens with zero attached hydrogens (tertiary/aromatic N) is 2. The van der Waals surface area contributed by atoms with E-state index < -0.39 is 23.6 Å². The summed E-state index contributed by atoms with van der Waals surface area (Å²) in [6, 6.07) is 14.4. The summed E-state index contributed by atoms with van der Waals surface area (Å²) < 4.78 is 40.3. The van der Waals surface area contributed by atoms with Crippen molar-refractivity contribution in [3.05, 3.63) is 95.3 Å². The number of anilines is 2. The highest BCUT2D eigenvalue weighted by Crippen LogP contribution is 2.31. The van der Waals surface area contributed by atoms with Gasteiger partial charge in [-0.2, -0.15) is 18.3 Å². The highest BCUT2D eigenvalue weighted by Gasteiger charge is 2.30. The molecule has 0 aliphatic rings. The largest absolute Gasteiger partial charge is 0.416 e. The van der Waals surface area contributed by atoms with Crippen LogP contribution in [0.1, 0.15) is 31.8 Å². The standard InChI is InChI=1S/C23H17F3N4O2/c1-14-8-9-15(21(31)28-17-6-4-5-16(12-17)23(24,25)26)11-19(14)29-22(32)18-13-27-30-10-3-2-7-20(18)30/h2-13H,1H3,(H,28,31)(H,29,32). The van der Waals surface area contributed by atoms with Crippen molar-refractivity contribution in [3.63, 3.8) is 0 Å². The zero-order valence-corrected chi connectivity index (χ0v) is 16.8. The van der Waals surface area contributed by atoms with Crippen LogP contribution >= 0.6 is 0 Å². The molecule has 9 heteroatoms. The Bertz CT molecular complexity index is 1330. The molecule has 4 rings (SSSR count). The van der Waals surface area contributed by atoms with Crippen LogP contribution in [0, 0.1) is 6.92 Å². The first-order valence-electron chi connectivity index (χ1n) is 9.55. The van der Waals surface area contributed by atoms with Gasteiger partial charge in [-0.05, 0) is 55.0 Å². The Labute approximate surface area is 180 Å². The second-order valence-corrected chi connectivity index (χ2v) is 7.11. The third kappa shape index (κ3) is 4.31. The zero-order chi connectivity index (χ0) is 22.9. The van der Waals surface area contributed by atoms with Gasteiger partial charge in [-0.25, -0.2) is 4.52 Å². The highest BCUT2D eigenvalue weighted by atomic mass is 19.4. The van der Waals surface area contributed by atoms with Crippen LogP contribution in [0.3, 0.4) is 0 Å². The van der Waals surface area contributed by atoms with Crippen LogP contribution < -0.4 is 10.6 Å². The summed E-state index contributed by atoms with van der Waals surface area (Å²) in [6.45, 7) is 1.76. The van der Waals surface area contributed by atoms with Crippen molar-refractivity contribution in [1.82, 2.24) is 9.61 Å². The van der Waals surface area contributed by atoms with Crippen LogP contribution in [0.5, 0.6) is 0 Å². The number of alkyl halides is 3. The molecule has 2 N–H and O–H groups in total. The summed E-state index contributed by atoms with van der Waals surface area (Å²) in [5.74, 6) is -0.999. The van der Waals surface area contributed by atoms with Gasteiger partial charge in [0.1, 0.15) is 0 Å². The van der Waals surface area contributed by atoms with Crippen LogP contribution in [-0.4, -0.2) is 21.4 Å². The maximum Gasteiger partial charge on any atom is 0.416 e. The number of pyridine rings is 1. The minimum absolute atomic E-state index is 0.0161. The molecule has 2 heterocycles. The molecule has 162 valence electrons. The molecule has 2 aromatic heterocycles. The number of hydrogen-bond donors (Lipinski definition) is 2. The predicted octanol–water partition coefficient (Wildman–Crippen LogP) is 5.17. The first-order chi connectivity index (χ1) is 15.2. The molecule has 0 saturated carbocycles. The first-order valence-corrected chi connectivity index (χ1v) is 9.55. The summed E-state index contributed by atoms with van der Waals surface area (Å²) >= 11 is 0. The number of rotatable bonds is 4. The van der Waals surface area contributed by atoms with Gasteiger partial charge in [0.2, 0.25) is 0 Å². The van der Waals surface area contributed by atoms with Crippen molar-refractivity contribution in [2.45, 2.75) is 13.1 Å². The molecule has 32 heavy (non-hydrogen) atoms. The molecule has 0 radical (unpaired) electrons. The van der Waals surface area contributed by atoms with Gasteiger partial charge in [-0.15, -0.1) is 0 Å². The minimum Gasteiger partial charge on any atom is -0.322 e. The van der Waals surface area contributed by atoms with Gasteiger partial charge in [0.05, 0.1) is 22.8 Å². The van der Waals surface area contributed by atoms with Gasteiger partial charge in [-0.3, -0.25) is 9.59 Å². The molecule has 2 amide bonds. The number of halogens is 3. The average molecular weight is 438 g/mol. The zero-order valence-electron chi connectivity index (χ0n) is 16.8. The summed E-state index contributed by atoms with van der Waals surface area (Å²) in [5, 5.41) is 9.36. The number of aryl methyl sites for hydroxylation is 1. The Balaban J connectivity index is 1.55. The van der Waals surface area contributed by atoms with Gasteiger partial charge >= 0.3 is 6.18 Å². The number of aromatic nitrogens is 2. The lowest BCUT2D eigenvalue weighted by Crippen LogP contribution is -2.16. The number of carbonyl (C=O) groups is 2. The Kier molecular flexibility index (Phi) is 5.40. The Morgan fingerprint density at radius 2 is 1.75 bits per heavy atom. The highest BCUT2D eigenvalue weighted by molar-refractivity contribution is 6.10. The van der Waals surface area contributed by atoms with Gasteiger partial charge < -0.3 is 10.6 Å². The van der Waals surface area contributed by atoms with E-state index in [1.165, 1.54) is 30.5 Å². The molecule has 0 aliphatic heterocycles. The molecule has 4 aromatic rings. The number of carbonyl (C=O) groups excluding carboxylic acids is 2.